The van der Waals surface area contributed by atoms with Gasteiger partial charge in [0.1, 0.15) is 17.6 Å². The molecule has 0 radical (unpaired) electrons. The minimum absolute atomic E-state index is 0.0151. The van der Waals surface area contributed by atoms with E-state index < -0.39 is 59.6 Å². The zero-order valence-corrected chi connectivity index (χ0v) is 22.3. The number of ether oxygens (including phenoxy) is 1. The summed E-state index contributed by atoms with van der Waals surface area (Å²) in [6.07, 6.45) is -8.88. The van der Waals surface area contributed by atoms with E-state index in [0.717, 1.165) is 0 Å². The van der Waals surface area contributed by atoms with Crippen molar-refractivity contribution in [3.8, 4) is 0 Å². The Morgan fingerprint density at radius 1 is 0.825 bits per heavy atom. The Bertz CT molecular complexity index is 959. The van der Waals surface area contributed by atoms with Gasteiger partial charge in [0.25, 0.3) is 0 Å². The highest BCUT2D eigenvalue weighted by Crippen LogP contribution is 2.28. The van der Waals surface area contributed by atoms with Gasteiger partial charge in [0.2, 0.25) is 11.8 Å². The molecule has 0 aromatic heterocycles. The maximum Gasteiger partial charge on any atom is 0.471 e. The van der Waals surface area contributed by atoms with Crippen LogP contribution in [0.25, 0.3) is 0 Å². The molecule has 40 heavy (non-hydrogen) atoms. The molecule has 228 valence electrons. The lowest BCUT2D eigenvalue weighted by Crippen LogP contribution is -2.59. The first-order valence-electron chi connectivity index (χ1n) is 13.1. The number of carbonyl (C=O) groups is 5. The average Bonchev–Trinajstić information content (AvgIpc) is 3.54. The molecular formula is C24H34F6N4O6. The number of amides is 4. The minimum Gasteiger partial charge on any atom is -0.464 e. The summed E-state index contributed by atoms with van der Waals surface area (Å²) in [5.41, 5.74) is -1.74. The fourth-order valence-electron chi connectivity index (χ4n) is 4.70. The fraction of sp³-hybridized carbons (Fsp3) is 0.792. The SMILES string of the molecule is CCCCOC(=O)[C@](C)(CCCNC(=O)[C@@H]1CCCN1C(=O)C(F)(F)F)NC(=O)[C@@H]1CCCN1C(=O)C(F)(F)F. The number of halogens is 6. The molecule has 2 aliphatic rings. The quantitative estimate of drug-likeness (QED) is 0.217. The zero-order chi connectivity index (χ0) is 30.3. The van der Waals surface area contributed by atoms with Crippen molar-refractivity contribution in [2.75, 3.05) is 26.2 Å². The molecule has 2 fully saturated rings. The Labute approximate surface area is 227 Å². The number of esters is 1. The number of nitrogens with zero attached hydrogens (tertiary/aromatic N) is 2. The van der Waals surface area contributed by atoms with Crippen LogP contribution < -0.4 is 10.6 Å². The first-order chi connectivity index (χ1) is 18.5. The molecule has 2 aliphatic heterocycles. The molecule has 3 atom stereocenters. The molecule has 0 unspecified atom stereocenters. The van der Waals surface area contributed by atoms with Gasteiger partial charge in [-0.25, -0.2) is 4.79 Å². The molecule has 10 nitrogen and oxygen atoms in total. The summed E-state index contributed by atoms with van der Waals surface area (Å²) >= 11 is 0. The summed E-state index contributed by atoms with van der Waals surface area (Å²) in [4.78, 5) is 62.6. The number of rotatable bonds is 11. The second-order valence-electron chi connectivity index (χ2n) is 10.0. The first-order valence-corrected chi connectivity index (χ1v) is 13.1. The van der Waals surface area contributed by atoms with Crippen molar-refractivity contribution in [3.05, 3.63) is 0 Å². The van der Waals surface area contributed by atoms with E-state index in [1.165, 1.54) is 6.92 Å². The van der Waals surface area contributed by atoms with Crippen molar-refractivity contribution in [2.24, 2.45) is 0 Å². The van der Waals surface area contributed by atoms with E-state index in [0.29, 0.717) is 22.6 Å². The van der Waals surface area contributed by atoms with Crippen LogP contribution in [0.3, 0.4) is 0 Å². The van der Waals surface area contributed by atoms with Crippen molar-refractivity contribution < 1.29 is 55.1 Å². The Balaban J connectivity index is 2.04. The monoisotopic (exact) mass is 588 g/mol. The van der Waals surface area contributed by atoms with Crippen LogP contribution in [-0.2, 0) is 28.7 Å². The zero-order valence-electron chi connectivity index (χ0n) is 22.3. The molecule has 0 spiro atoms. The van der Waals surface area contributed by atoms with Gasteiger partial charge >= 0.3 is 30.1 Å². The number of hydrogen-bond donors (Lipinski definition) is 2. The molecule has 0 aromatic carbocycles. The summed E-state index contributed by atoms with van der Waals surface area (Å²) in [6, 6.07) is -2.75. The molecule has 2 rings (SSSR count). The van der Waals surface area contributed by atoms with Crippen LogP contribution in [0, 0.1) is 0 Å². The van der Waals surface area contributed by atoms with Crippen LogP contribution in [0.2, 0.25) is 0 Å². The Hall–Kier alpha value is -3.07. The van der Waals surface area contributed by atoms with Gasteiger partial charge < -0.3 is 25.2 Å². The van der Waals surface area contributed by atoms with Gasteiger partial charge in [-0.1, -0.05) is 13.3 Å². The lowest BCUT2D eigenvalue weighted by molar-refractivity contribution is -0.187. The maximum atomic E-state index is 13.0. The van der Waals surface area contributed by atoms with Crippen molar-refractivity contribution >= 4 is 29.6 Å². The predicted molar refractivity (Wildman–Crippen MR) is 126 cm³/mol. The molecule has 0 aliphatic carbocycles. The summed E-state index contributed by atoms with van der Waals surface area (Å²) in [5.74, 6) is -6.92. The van der Waals surface area contributed by atoms with Crippen LogP contribution >= 0.6 is 0 Å². The normalized spacial score (nSPS) is 21.1. The number of carbonyl (C=O) groups excluding carboxylic acids is 5. The van der Waals surface area contributed by atoms with Crippen LogP contribution in [0.4, 0.5) is 26.3 Å². The van der Waals surface area contributed by atoms with Crippen LogP contribution in [0.5, 0.6) is 0 Å². The predicted octanol–water partition coefficient (Wildman–Crippen LogP) is 2.21. The second kappa shape index (κ2) is 13.5. The van der Waals surface area contributed by atoms with E-state index in [2.05, 4.69) is 10.6 Å². The third kappa shape index (κ3) is 8.46. The van der Waals surface area contributed by atoms with Gasteiger partial charge in [-0.15, -0.1) is 0 Å². The van der Waals surface area contributed by atoms with Crippen molar-refractivity contribution in [2.45, 2.75) is 95.2 Å². The Morgan fingerprint density at radius 3 is 1.80 bits per heavy atom. The van der Waals surface area contributed by atoms with Gasteiger partial charge in [0.15, 0.2) is 0 Å². The second-order valence-corrected chi connectivity index (χ2v) is 10.0. The van der Waals surface area contributed by atoms with Gasteiger partial charge in [-0.2, -0.15) is 26.3 Å². The average molecular weight is 589 g/mol. The highest BCUT2D eigenvalue weighted by Gasteiger charge is 2.49. The van der Waals surface area contributed by atoms with E-state index in [1.807, 2.05) is 6.92 Å². The van der Waals surface area contributed by atoms with Crippen molar-refractivity contribution in [1.29, 1.82) is 0 Å². The number of nitrogens with one attached hydrogen (secondary N) is 2. The molecule has 0 aromatic rings. The summed E-state index contributed by atoms with van der Waals surface area (Å²) in [5, 5.41) is 4.84. The van der Waals surface area contributed by atoms with E-state index in [4.69, 9.17) is 4.74 Å². The van der Waals surface area contributed by atoms with Crippen LogP contribution in [0.15, 0.2) is 0 Å². The fourth-order valence-corrected chi connectivity index (χ4v) is 4.70. The number of unbranched alkanes of at least 4 members (excludes halogenated alkanes) is 1. The van der Waals surface area contributed by atoms with Crippen LogP contribution in [-0.4, -0.2) is 95.6 Å². The smallest absolute Gasteiger partial charge is 0.464 e. The topological polar surface area (TPSA) is 125 Å². The lowest BCUT2D eigenvalue weighted by atomic mass is 9.94. The third-order valence-electron chi connectivity index (χ3n) is 6.85. The maximum absolute atomic E-state index is 13.0. The Kier molecular flexibility index (Phi) is 11.2. The highest BCUT2D eigenvalue weighted by molar-refractivity contribution is 5.94. The molecule has 16 heteroatoms. The molecule has 2 heterocycles. The highest BCUT2D eigenvalue weighted by atomic mass is 19.4. The largest absolute Gasteiger partial charge is 0.471 e. The number of likely N-dealkylation sites (tertiary alicyclic amines) is 2. The van der Waals surface area contributed by atoms with Gasteiger partial charge in [0.05, 0.1) is 6.61 Å². The van der Waals surface area contributed by atoms with E-state index in [-0.39, 0.29) is 64.8 Å². The minimum atomic E-state index is -5.18. The van der Waals surface area contributed by atoms with Crippen LogP contribution in [0.1, 0.15) is 65.2 Å². The van der Waals surface area contributed by atoms with Crippen molar-refractivity contribution in [1.82, 2.24) is 20.4 Å². The standard InChI is InChI=1S/C24H34F6N4O6/c1-3-4-14-40-21(39)22(2,32-18(36)16-9-6-13-34(16)20(38)24(28,29)30)10-7-11-31-17(35)15-8-5-12-33(15)19(37)23(25,26)27/h15-16H,3-14H2,1-2H3,(H,31,35)(H,32,36)/t15-,16-,22-/m0/s1. The molecule has 0 saturated carbocycles. The van der Waals surface area contributed by atoms with E-state index >= 15 is 0 Å². The number of hydrogen-bond acceptors (Lipinski definition) is 6. The lowest BCUT2D eigenvalue weighted by Gasteiger charge is -2.32. The molecule has 0 bridgehead atoms. The summed E-state index contributed by atoms with van der Waals surface area (Å²) in [6.45, 7) is 2.52. The molecular weight excluding hydrogens is 554 g/mol. The van der Waals surface area contributed by atoms with Gasteiger partial charge in [0, 0.05) is 19.6 Å². The number of alkyl halides is 6. The van der Waals surface area contributed by atoms with E-state index in [1.54, 1.807) is 0 Å². The van der Waals surface area contributed by atoms with E-state index in [9.17, 15) is 50.3 Å². The van der Waals surface area contributed by atoms with Gasteiger partial charge in [-0.3, -0.25) is 19.2 Å². The Morgan fingerprint density at radius 2 is 1.32 bits per heavy atom. The first kappa shape index (κ1) is 33.1. The molecule has 2 N–H and O–H groups in total. The molecule has 4 amide bonds. The summed E-state index contributed by atoms with van der Waals surface area (Å²) < 4.78 is 82.6. The van der Waals surface area contributed by atoms with Gasteiger partial charge in [-0.05, 0) is 51.9 Å². The van der Waals surface area contributed by atoms with Crippen molar-refractivity contribution in [3.63, 3.8) is 0 Å². The molecule has 2 saturated heterocycles. The summed E-state index contributed by atoms with van der Waals surface area (Å²) in [7, 11) is 0. The third-order valence-corrected chi connectivity index (χ3v) is 6.85.